The number of anilines is 2. The Morgan fingerprint density at radius 1 is 1.11 bits per heavy atom. The average Bonchev–Trinajstić information content (AvgIpc) is 3.83. The van der Waals surface area contributed by atoms with E-state index in [4.69, 9.17) is 19.4 Å². The van der Waals surface area contributed by atoms with E-state index in [1.807, 2.05) is 20.8 Å². The van der Waals surface area contributed by atoms with E-state index in [0.717, 1.165) is 42.1 Å². The molecular formula is C35H43N7O5. The van der Waals surface area contributed by atoms with Crippen molar-refractivity contribution >= 4 is 34.5 Å². The summed E-state index contributed by atoms with van der Waals surface area (Å²) >= 11 is 0. The molecule has 0 radical (unpaired) electrons. The van der Waals surface area contributed by atoms with Crippen LogP contribution >= 0.6 is 0 Å². The number of piperazine rings is 1. The Labute approximate surface area is 275 Å². The normalized spacial score (nSPS) is 18.7. The molecule has 1 aliphatic carbocycles. The molecule has 1 unspecified atom stereocenters. The van der Waals surface area contributed by atoms with E-state index in [9.17, 15) is 20.0 Å². The molecule has 12 heteroatoms. The zero-order valence-corrected chi connectivity index (χ0v) is 27.8. The number of ether oxygens (including phenoxy) is 2. The van der Waals surface area contributed by atoms with Crippen LogP contribution in [0.3, 0.4) is 0 Å². The average molecular weight is 642 g/mol. The first-order valence-electron chi connectivity index (χ1n) is 16.2. The Hall–Kier alpha value is -4.79. The van der Waals surface area contributed by atoms with Gasteiger partial charge in [0.15, 0.2) is 0 Å². The number of benzene rings is 2. The van der Waals surface area contributed by atoms with E-state index in [-0.39, 0.29) is 25.6 Å². The standard InChI is InChI=1S/C35H43N7O5/c1-23-8-6-9-24-10-7-11-28(29(23)24)40-17-13-26-27(21-40)37-31(46-22-35(14-15-35)39(5)33(45)47-34(2,3)4)38-30(26)41-18-19-42(32(43)44)25(20-41)12-16-36/h6-11,25H,12-15,17-22H2,1-5H3,(H,43,44). The molecule has 12 nitrogen and oxygen atoms in total. The molecule has 6 rings (SSSR count). The highest BCUT2D eigenvalue weighted by atomic mass is 16.6. The highest BCUT2D eigenvalue weighted by Crippen LogP contribution is 2.42. The molecule has 2 fully saturated rings. The van der Waals surface area contributed by atoms with Crippen LogP contribution in [0, 0.1) is 18.3 Å². The molecule has 2 amide bonds. The molecule has 1 N–H and O–H groups in total. The number of aryl methyl sites for hydroxylation is 1. The lowest BCUT2D eigenvalue weighted by atomic mass is 9.99. The molecule has 1 atom stereocenters. The highest BCUT2D eigenvalue weighted by molar-refractivity contribution is 5.97. The summed E-state index contributed by atoms with van der Waals surface area (Å²) in [6, 6.07) is 14.6. The van der Waals surface area contributed by atoms with Crippen molar-refractivity contribution in [1.82, 2.24) is 19.8 Å². The molecule has 3 aromatic rings. The first-order valence-corrected chi connectivity index (χ1v) is 16.2. The third kappa shape index (κ3) is 6.57. The third-order valence-corrected chi connectivity index (χ3v) is 9.49. The first kappa shape index (κ1) is 32.2. The number of likely N-dealkylation sites (N-methyl/N-ethyl adjacent to an activating group) is 1. The van der Waals surface area contributed by atoms with Gasteiger partial charge in [-0.1, -0.05) is 30.3 Å². The molecule has 0 bridgehead atoms. The van der Waals surface area contributed by atoms with Crippen LogP contribution in [0.25, 0.3) is 10.8 Å². The fraction of sp³-hybridized carbons (Fsp3) is 0.514. The summed E-state index contributed by atoms with van der Waals surface area (Å²) in [5, 5.41) is 21.6. The lowest BCUT2D eigenvalue weighted by Crippen LogP contribution is -2.55. The van der Waals surface area contributed by atoms with E-state index in [2.05, 4.69) is 59.2 Å². The van der Waals surface area contributed by atoms with Gasteiger partial charge in [0.2, 0.25) is 0 Å². The van der Waals surface area contributed by atoms with Gasteiger partial charge >= 0.3 is 18.2 Å². The van der Waals surface area contributed by atoms with Gasteiger partial charge in [0, 0.05) is 49.9 Å². The largest absolute Gasteiger partial charge is 0.465 e. The molecule has 248 valence electrons. The molecule has 47 heavy (non-hydrogen) atoms. The molecule has 3 aliphatic rings. The van der Waals surface area contributed by atoms with Crippen molar-refractivity contribution in [2.75, 3.05) is 49.6 Å². The summed E-state index contributed by atoms with van der Waals surface area (Å²) in [6.45, 7) is 10.2. The minimum absolute atomic E-state index is 0.0904. The molecule has 1 aromatic heterocycles. The Morgan fingerprint density at radius 2 is 1.85 bits per heavy atom. The fourth-order valence-corrected chi connectivity index (χ4v) is 6.71. The summed E-state index contributed by atoms with van der Waals surface area (Å²) in [6.07, 6.45) is 0.923. The lowest BCUT2D eigenvalue weighted by Gasteiger charge is -2.41. The lowest BCUT2D eigenvalue weighted by molar-refractivity contribution is 0.0134. The number of nitriles is 1. The van der Waals surface area contributed by atoms with Crippen LogP contribution in [0.15, 0.2) is 36.4 Å². The maximum absolute atomic E-state index is 12.9. The van der Waals surface area contributed by atoms with E-state index < -0.39 is 29.4 Å². The number of aromatic nitrogens is 2. The Kier molecular flexibility index (Phi) is 8.51. The highest BCUT2D eigenvalue weighted by Gasteiger charge is 2.51. The molecule has 0 spiro atoms. The topological polar surface area (TPSA) is 135 Å². The third-order valence-electron chi connectivity index (χ3n) is 9.49. The quantitative estimate of drug-likeness (QED) is 0.359. The number of rotatable bonds is 7. The molecule has 2 aromatic carbocycles. The van der Waals surface area contributed by atoms with Gasteiger partial charge in [0.25, 0.3) is 0 Å². The van der Waals surface area contributed by atoms with E-state index >= 15 is 0 Å². The van der Waals surface area contributed by atoms with Crippen molar-refractivity contribution in [3.63, 3.8) is 0 Å². The fourth-order valence-electron chi connectivity index (χ4n) is 6.71. The minimum atomic E-state index is -1.02. The van der Waals surface area contributed by atoms with E-state index in [1.165, 1.54) is 21.2 Å². The number of carbonyl (C=O) groups excluding carboxylic acids is 1. The van der Waals surface area contributed by atoms with Crippen molar-refractivity contribution in [3.05, 3.63) is 53.2 Å². The number of carbonyl (C=O) groups is 2. The second kappa shape index (κ2) is 12.4. The van der Waals surface area contributed by atoms with Crippen LogP contribution in [0.4, 0.5) is 21.1 Å². The van der Waals surface area contributed by atoms with Gasteiger partial charge in [0.1, 0.15) is 18.0 Å². The van der Waals surface area contributed by atoms with Gasteiger partial charge in [-0.25, -0.2) is 9.59 Å². The Balaban J connectivity index is 1.32. The van der Waals surface area contributed by atoms with Crippen molar-refractivity contribution in [2.24, 2.45) is 0 Å². The zero-order chi connectivity index (χ0) is 33.5. The first-order chi connectivity index (χ1) is 22.4. The van der Waals surface area contributed by atoms with Gasteiger partial charge in [-0.3, -0.25) is 0 Å². The second-order valence-corrected chi connectivity index (χ2v) is 13.9. The smallest absolute Gasteiger partial charge is 0.410 e. The van der Waals surface area contributed by atoms with Gasteiger partial charge in [-0.05, 0) is 64.0 Å². The maximum Gasteiger partial charge on any atom is 0.410 e. The van der Waals surface area contributed by atoms with Crippen molar-refractivity contribution in [1.29, 1.82) is 5.26 Å². The van der Waals surface area contributed by atoms with Gasteiger partial charge in [0.05, 0.1) is 36.3 Å². The van der Waals surface area contributed by atoms with Crippen molar-refractivity contribution in [3.8, 4) is 12.1 Å². The molecular weight excluding hydrogens is 598 g/mol. The summed E-state index contributed by atoms with van der Waals surface area (Å²) in [5.41, 5.74) is 3.11. The van der Waals surface area contributed by atoms with Crippen LogP contribution < -0.4 is 14.5 Å². The van der Waals surface area contributed by atoms with Crippen LogP contribution in [0.5, 0.6) is 6.01 Å². The summed E-state index contributed by atoms with van der Waals surface area (Å²) in [5.74, 6) is 0.720. The predicted molar refractivity (Wildman–Crippen MR) is 178 cm³/mol. The molecule has 1 saturated carbocycles. The Bertz CT molecular complexity index is 1720. The predicted octanol–water partition coefficient (Wildman–Crippen LogP) is 5.36. The summed E-state index contributed by atoms with van der Waals surface area (Å²) < 4.78 is 11.9. The van der Waals surface area contributed by atoms with Crippen LogP contribution in [0.2, 0.25) is 0 Å². The zero-order valence-electron chi connectivity index (χ0n) is 27.8. The monoisotopic (exact) mass is 641 g/mol. The molecule has 2 aliphatic heterocycles. The second-order valence-electron chi connectivity index (χ2n) is 13.9. The summed E-state index contributed by atoms with van der Waals surface area (Å²) in [4.78, 5) is 42.1. The summed E-state index contributed by atoms with van der Waals surface area (Å²) in [7, 11) is 1.74. The van der Waals surface area contributed by atoms with Crippen LogP contribution in [-0.2, 0) is 17.7 Å². The van der Waals surface area contributed by atoms with Crippen LogP contribution in [-0.4, -0.2) is 94.1 Å². The maximum atomic E-state index is 12.9. The number of hydrogen-bond donors (Lipinski definition) is 1. The van der Waals surface area contributed by atoms with Crippen molar-refractivity contribution in [2.45, 2.75) is 77.1 Å². The van der Waals surface area contributed by atoms with Crippen molar-refractivity contribution < 1.29 is 24.2 Å². The number of carboxylic acid groups (broad SMARTS) is 1. The SMILES string of the molecule is Cc1cccc2cccc(N3CCc4c(nc(OCC5(N(C)C(=O)OC(C)(C)C)CC5)nc4N4CCN(C(=O)O)C(CC#N)C4)C3)c12. The van der Waals surface area contributed by atoms with E-state index in [1.54, 1.807) is 11.9 Å². The molecule has 3 heterocycles. The minimum Gasteiger partial charge on any atom is -0.465 e. The number of fused-ring (bicyclic) bond motifs is 2. The number of hydrogen-bond acceptors (Lipinski definition) is 9. The van der Waals surface area contributed by atoms with Gasteiger partial charge in [-0.2, -0.15) is 15.2 Å². The van der Waals surface area contributed by atoms with E-state index in [0.29, 0.717) is 26.1 Å². The van der Waals surface area contributed by atoms with Gasteiger partial charge in [-0.15, -0.1) is 0 Å². The van der Waals surface area contributed by atoms with Gasteiger partial charge < -0.3 is 34.2 Å². The van der Waals surface area contributed by atoms with Crippen LogP contribution in [0.1, 0.15) is 56.9 Å². The number of amides is 2. The molecule has 1 saturated heterocycles. The Morgan fingerprint density at radius 3 is 2.53 bits per heavy atom. The number of nitrogens with zero attached hydrogens (tertiary/aromatic N) is 7.